The van der Waals surface area contributed by atoms with Gasteiger partial charge in [0.2, 0.25) is 0 Å². The van der Waals surface area contributed by atoms with Gasteiger partial charge < -0.3 is 15.8 Å². The number of hydrogen-bond donors (Lipinski definition) is 2. The number of rotatable bonds is 9. The van der Waals surface area contributed by atoms with E-state index in [-0.39, 0.29) is 6.04 Å². The predicted octanol–water partition coefficient (Wildman–Crippen LogP) is 4.39. The van der Waals surface area contributed by atoms with Gasteiger partial charge in [-0.25, -0.2) is 9.97 Å². The van der Waals surface area contributed by atoms with Gasteiger partial charge in [0.1, 0.15) is 5.82 Å². The van der Waals surface area contributed by atoms with E-state index in [1.807, 2.05) is 42.5 Å². The Balaban J connectivity index is 1.63. The van der Waals surface area contributed by atoms with Crippen LogP contribution < -0.4 is 11.1 Å². The molecule has 31 heavy (non-hydrogen) atoms. The molecule has 1 aromatic carbocycles. The summed E-state index contributed by atoms with van der Waals surface area (Å²) in [4.78, 5) is 13.8. The van der Waals surface area contributed by atoms with E-state index in [0.29, 0.717) is 19.0 Å². The van der Waals surface area contributed by atoms with Gasteiger partial charge in [0, 0.05) is 48.6 Å². The van der Waals surface area contributed by atoms with Crippen LogP contribution in [0.3, 0.4) is 0 Å². The average molecular weight is 432 g/mol. The van der Waals surface area contributed by atoms with Gasteiger partial charge in [-0.3, -0.25) is 4.98 Å². The van der Waals surface area contributed by atoms with Gasteiger partial charge in [-0.1, -0.05) is 42.5 Å². The fourth-order valence-electron chi connectivity index (χ4n) is 3.29. The maximum Gasteiger partial charge on any atom is 0.162 e. The van der Waals surface area contributed by atoms with Crippen molar-refractivity contribution in [2.24, 2.45) is 5.73 Å². The molecule has 0 aliphatic rings. The zero-order valence-electron chi connectivity index (χ0n) is 17.4. The van der Waals surface area contributed by atoms with Crippen LogP contribution in [0, 0.1) is 0 Å². The molecule has 0 aliphatic heterocycles. The number of nitrogens with zero attached hydrogens (tertiary/aromatic N) is 3. The molecule has 0 amide bonds. The normalized spacial score (nSPS) is 12.5. The third-order valence-electron chi connectivity index (χ3n) is 4.81. The number of methoxy groups -OCH3 is 1. The summed E-state index contributed by atoms with van der Waals surface area (Å²) in [6, 6.07) is 14.1. The molecule has 0 spiro atoms. The Kier molecular flexibility index (Phi) is 6.99. The Morgan fingerprint density at radius 1 is 1.13 bits per heavy atom. The molecular weight excluding hydrogens is 406 g/mol. The van der Waals surface area contributed by atoms with Crippen molar-refractivity contribution in [1.29, 1.82) is 0 Å². The molecule has 0 saturated carbocycles. The number of pyridine rings is 1. The minimum absolute atomic E-state index is 0.0298. The fourth-order valence-corrected chi connectivity index (χ4v) is 4.23. The summed E-state index contributed by atoms with van der Waals surface area (Å²) in [5, 5.41) is 5.56. The van der Waals surface area contributed by atoms with Crippen molar-refractivity contribution in [2.75, 3.05) is 25.6 Å². The molecule has 0 radical (unpaired) electrons. The second-order valence-corrected chi connectivity index (χ2v) is 8.07. The summed E-state index contributed by atoms with van der Waals surface area (Å²) in [5.74, 6) is 1.46. The van der Waals surface area contributed by atoms with Gasteiger partial charge in [0.15, 0.2) is 5.82 Å². The maximum absolute atomic E-state index is 6.40. The highest BCUT2D eigenvalue weighted by Gasteiger charge is 2.15. The minimum Gasteiger partial charge on any atom is -0.381 e. The first-order valence-corrected chi connectivity index (χ1v) is 11.0. The lowest BCUT2D eigenvalue weighted by molar-refractivity contribution is 0.234. The van der Waals surface area contributed by atoms with Gasteiger partial charge >= 0.3 is 0 Å². The van der Waals surface area contributed by atoms with E-state index in [4.69, 9.17) is 20.4 Å². The van der Waals surface area contributed by atoms with Gasteiger partial charge in [0.25, 0.3) is 0 Å². The zero-order valence-corrected chi connectivity index (χ0v) is 18.2. The van der Waals surface area contributed by atoms with E-state index < -0.39 is 0 Å². The molecule has 7 heteroatoms. The van der Waals surface area contributed by atoms with Gasteiger partial charge in [-0.15, -0.1) is 11.3 Å². The van der Waals surface area contributed by atoms with Crippen LogP contribution in [0.4, 0.5) is 5.82 Å². The standard InChI is InChI=1S/C24H25N5OS/c1-30-13-5-8-19-16-31-22-21(19)28-23(18-9-11-26-12-10-18)29-24(22)27-15-20(25)14-17-6-3-2-4-7-17/h2-12,16,20H,13-15,25H2,1H3,(H,27,28,29). The lowest BCUT2D eigenvalue weighted by Crippen LogP contribution is -2.31. The van der Waals surface area contributed by atoms with Crippen molar-refractivity contribution in [1.82, 2.24) is 15.0 Å². The summed E-state index contributed by atoms with van der Waals surface area (Å²) in [6.45, 7) is 1.17. The molecule has 158 valence electrons. The highest BCUT2D eigenvalue weighted by molar-refractivity contribution is 7.18. The SMILES string of the molecule is COCC=Cc1csc2c(NCC(N)Cc3ccccc3)nc(-c3ccncc3)nc12. The lowest BCUT2D eigenvalue weighted by atomic mass is 10.1. The molecule has 3 N–H and O–H groups in total. The third-order valence-corrected chi connectivity index (χ3v) is 5.81. The molecule has 0 fully saturated rings. The van der Waals surface area contributed by atoms with E-state index in [9.17, 15) is 0 Å². The molecule has 0 saturated heterocycles. The number of fused-ring (bicyclic) bond motifs is 1. The van der Waals surface area contributed by atoms with Crippen LogP contribution >= 0.6 is 11.3 Å². The summed E-state index contributed by atoms with van der Waals surface area (Å²) in [6.07, 6.45) is 8.32. The van der Waals surface area contributed by atoms with E-state index in [0.717, 1.165) is 33.6 Å². The van der Waals surface area contributed by atoms with Crippen molar-refractivity contribution < 1.29 is 4.74 Å². The minimum atomic E-state index is -0.0298. The Bertz CT molecular complexity index is 1140. The first-order chi connectivity index (χ1) is 15.2. The first kappa shape index (κ1) is 21.1. The van der Waals surface area contributed by atoms with Crippen LogP contribution in [0.1, 0.15) is 11.1 Å². The topological polar surface area (TPSA) is 86.0 Å². The van der Waals surface area contributed by atoms with E-state index >= 15 is 0 Å². The number of nitrogens with one attached hydrogen (secondary N) is 1. The van der Waals surface area contributed by atoms with E-state index in [1.54, 1.807) is 30.8 Å². The summed E-state index contributed by atoms with van der Waals surface area (Å²) < 4.78 is 6.15. The number of ether oxygens (including phenoxy) is 1. The number of hydrogen-bond acceptors (Lipinski definition) is 7. The van der Waals surface area contributed by atoms with Crippen molar-refractivity contribution in [3.63, 3.8) is 0 Å². The average Bonchev–Trinajstić information content (AvgIpc) is 3.22. The molecule has 4 rings (SSSR count). The molecular formula is C24H25N5OS. The van der Waals surface area contributed by atoms with E-state index in [1.165, 1.54) is 5.56 Å². The van der Waals surface area contributed by atoms with Crippen molar-refractivity contribution >= 4 is 33.4 Å². The summed E-state index contributed by atoms with van der Waals surface area (Å²) in [7, 11) is 1.68. The van der Waals surface area contributed by atoms with Gasteiger partial charge in [0.05, 0.1) is 16.8 Å². The van der Waals surface area contributed by atoms with Crippen molar-refractivity contribution in [3.05, 3.63) is 77.4 Å². The molecule has 6 nitrogen and oxygen atoms in total. The lowest BCUT2D eigenvalue weighted by Gasteiger charge is -2.14. The van der Waals surface area contributed by atoms with Gasteiger partial charge in [-0.05, 0) is 24.1 Å². The Hall–Kier alpha value is -3.13. The molecule has 1 atom stereocenters. The highest BCUT2D eigenvalue weighted by atomic mass is 32.1. The number of aromatic nitrogens is 3. The van der Waals surface area contributed by atoms with Crippen LogP contribution in [0.15, 0.2) is 66.3 Å². The molecule has 0 aliphatic carbocycles. The number of nitrogens with two attached hydrogens (primary N) is 1. The van der Waals surface area contributed by atoms with Crippen LogP contribution in [-0.4, -0.2) is 41.3 Å². The summed E-state index contributed by atoms with van der Waals surface area (Å²) in [5.41, 5.74) is 10.5. The molecule has 1 unspecified atom stereocenters. The third kappa shape index (κ3) is 5.32. The number of anilines is 1. The van der Waals surface area contributed by atoms with Crippen molar-refractivity contribution in [2.45, 2.75) is 12.5 Å². The highest BCUT2D eigenvalue weighted by Crippen LogP contribution is 2.33. The smallest absolute Gasteiger partial charge is 0.162 e. The van der Waals surface area contributed by atoms with Crippen LogP contribution in [0.2, 0.25) is 0 Å². The summed E-state index contributed by atoms with van der Waals surface area (Å²) >= 11 is 1.63. The zero-order chi connectivity index (χ0) is 21.5. The molecule has 4 aromatic rings. The van der Waals surface area contributed by atoms with Crippen LogP contribution in [-0.2, 0) is 11.2 Å². The Morgan fingerprint density at radius 3 is 2.71 bits per heavy atom. The number of thiophene rings is 1. The first-order valence-electron chi connectivity index (χ1n) is 10.1. The van der Waals surface area contributed by atoms with Gasteiger partial charge in [-0.2, -0.15) is 0 Å². The quantitative estimate of drug-likeness (QED) is 0.409. The fraction of sp³-hybridized carbons (Fsp3) is 0.208. The van der Waals surface area contributed by atoms with Crippen LogP contribution in [0.25, 0.3) is 27.7 Å². The Morgan fingerprint density at radius 2 is 1.94 bits per heavy atom. The molecule has 3 heterocycles. The Labute approximate surface area is 185 Å². The molecule has 0 bridgehead atoms. The largest absolute Gasteiger partial charge is 0.381 e. The monoisotopic (exact) mass is 431 g/mol. The van der Waals surface area contributed by atoms with Crippen molar-refractivity contribution in [3.8, 4) is 11.4 Å². The van der Waals surface area contributed by atoms with E-state index in [2.05, 4.69) is 27.8 Å². The number of benzene rings is 1. The second kappa shape index (κ2) is 10.3. The maximum atomic E-state index is 6.40. The van der Waals surface area contributed by atoms with Crippen LogP contribution in [0.5, 0.6) is 0 Å². The molecule has 3 aromatic heterocycles. The second-order valence-electron chi connectivity index (χ2n) is 7.19. The predicted molar refractivity (Wildman–Crippen MR) is 128 cm³/mol.